The van der Waals surface area contributed by atoms with Gasteiger partial charge in [-0.05, 0) is 45.2 Å². The third-order valence-corrected chi connectivity index (χ3v) is 4.66. The molecule has 2 fully saturated rings. The molecule has 2 aliphatic heterocycles. The molecule has 2 atom stereocenters. The molecule has 3 heterocycles. The Morgan fingerprint density at radius 3 is 2.70 bits per heavy atom. The predicted octanol–water partition coefficient (Wildman–Crippen LogP) is 2.40. The van der Waals surface area contributed by atoms with Gasteiger partial charge in [0.25, 0.3) is 0 Å². The summed E-state index contributed by atoms with van der Waals surface area (Å²) in [6.45, 7) is 6.80. The Balaban J connectivity index is 1.78. The van der Waals surface area contributed by atoms with Gasteiger partial charge in [-0.15, -0.1) is 0 Å². The van der Waals surface area contributed by atoms with Gasteiger partial charge in [0.05, 0.1) is 11.9 Å². The fraction of sp³-hybridized carbons (Fsp3) is 0.625. The second-order valence-electron chi connectivity index (χ2n) is 6.17. The van der Waals surface area contributed by atoms with Gasteiger partial charge in [0, 0.05) is 31.2 Å². The van der Waals surface area contributed by atoms with Crippen LogP contribution >= 0.6 is 0 Å². The minimum Gasteiger partial charge on any atom is -0.369 e. The van der Waals surface area contributed by atoms with E-state index in [2.05, 4.69) is 34.7 Å². The molecule has 1 aromatic rings. The van der Waals surface area contributed by atoms with Gasteiger partial charge < -0.3 is 4.90 Å². The van der Waals surface area contributed by atoms with E-state index in [4.69, 9.17) is 5.26 Å². The van der Waals surface area contributed by atoms with Gasteiger partial charge in [-0.2, -0.15) is 5.26 Å². The normalized spacial score (nSPS) is 26.6. The van der Waals surface area contributed by atoms with Crippen LogP contribution in [0.5, 0.6) is 0 Å². The summed E-state index contributed by atoms with van der Waals surface area (Å²) in [7, 11) is 0. The summed E-state index contributed by atoms with van der Waals surface area (Å²) in [5.74, 6) is 0. The highest BCUT2D eigenvalue weighted by molar-refractivity contribution is 5.46. The molecule has 0 radical (unpaired) electrons. The third kappa shape index (κ3) is 2.38. The van der Waals surface area contributed by atoms with Gasteiger partial charge >= 0.3 is 0 Å². The van der Waals surface area contributed by atoms with E-state index in [-0.39, 0.29) is 0 Å². The molecule has 2 saturated heterocycles. The summed E-state index contributed by atoms with van der Waals surface area (Å²) >= 11 is 0. The molecule has 0 amide bonds. The average molecular weight is 270 g/mol. The SMILES string of the molecule is CC(C)N1[C@H]2CC[C@H]1CN(c1ccc(C#N)nc1)CC2. The monoisotopic (exact) mass is 270 g/mol. The fourth-order valence-corrected chi connectivity index (χ4v) is 3.83. The highest BCUT2D eigenvalue weighted by atomic mass is 15.3. The number of hydrogen-bond donors (Lipinski definition) is 0. The first kappa shape index (κ1) is 13.4. The van der Waals surface area contributed by atoms with E-state index >= 15 is 0 Å². The zero-order valence-corrected chi connectivity index (χ0v) is 12.3. The lowest BCUT2D eigenvalue weighted by molar-refractivity contribution is 0.158. The van der Waals surface area contributed by atoms with E-state index in [1.165, 1.54) is 19.3 Å². The first-order valence-corrected chi connectivity index (χ1v) is 7.57. The summed E-state index contributed by atoms with van der Waals surface area (Å²) in [5.41, 5.74) is 1.65. The molecule has 0 saturated carbocycles. The van der Waals surface area contributed by atoms with Gasteiger partial charge in [0.15, 0.2) is 0 Å². The summed E-state index contributed by atoms with van der Waals surface area (Å²) in [6.07, 6.45) is 5.73. The number of hydrogen-bond acceptors (Lipinski definition) is 4. The average Bonchev–Trinajstić information content (AvgIpc) is 2.74. The zero-order chi connectivity index (χ0) is 14.1. The standard InChI is InChI=1S/C16H22N4/c1-12(2)20-14-5-6-16(20)11-19(8-7-14)15-4-3-13(9-17)18-10-15/h3-4,10,12,14,16H,5-8,11H2,1-2H3/t14-,16-/m0/s1. The van der Waals surface area contributed by atoms with Crippen molar-refractivity contribution < 1.29 is 0 Å². The van der Waals surface area contributed by atoms with Crippen molar-refractivity contribution in [2.75, 3.05) is 18.0 Å². The fourth-order valence-electron chi connectivity index (χ4n) is 3.83. The van der Waals surface area contributed by atoms with Gasteiger partial charge in [0.1, 0.15) is 11.8 Å². The second-order valence-corrected chi connectivity index (χ2v) is 6.17. The highest BCUT2D eigenvalue weighted by Crippen LogP contribution is 2.33. The van der Waals surface area contributed by atoms with Crippen molar-refractivity contribution in [1.82, 2.24) is 9.88 Å². The van der Waals surface area contributed by atoms with Crippen molar-refractivity contribution in [1.29, 1.82) is 5.26 Å². The predicted molar refractivity (Wildman–Crippen MR) is 79.6 cm³/mol. The molecule has 2 bridgehead atoms. The molecule has 0 aromatic carbocycles. The Morgan fingerprint density at radius 2 is 2.05 bits per heavy atom. The van der Waals surface area contributed by atoms with Crippen molar-refractivity contribution in [3.63, 3.8) is 0 Å². The second kappa shape index (κ2) is 5.41. The molecule has 106 valence electrons. The Hall–Kier alpha value is -1.60. The van der Waals surface area contributed by atoms with E-state index in [1.807, 2.05) is 18.3 Å². The van der Waals surface area contributed by atoms with Crippen LogP contribution in [0.25, 0.3) is 0 Å². The van der Waals surface area contributed by atoms with Crippen LogP contribution in [-0.4, -0.2) is 41.1 Å². The maximum atomic E-state index is 8.83. The van der Waals surface area contributed by atoms with Crippen molar-refractivity contribution in [2.24, 2.45) is 0 Å². The zero-order valence-electron chi connectivity index (χ0n) is 12.3. The maximum absolute atomic E-state index is 8.83. The topological polar surface area (TPSA) is 43.2 Å². The molecule has 0 unspecified atom stereocenters. The maximum Gasteiger partial charge on any atom is 0.140 e. The molecule has 1 aromatic heterocycles. The van der Waals surface area contributed by atoms with Gasteiger partial charge in [-0.1, -0.05) is 0 Å². The van der Waals surface area contributed by atoms with Crippen LogP contribution in [0.1, 0.15) is 38.8 Å². The first-order chi connectivity index (χ1) is 9.69. The van der Waals surface area contributed by atoms with Crippen LogP contribution < -0.4 is 4.90 Å². The minimum atomic E-state index is 0.494. The van der Waals surface area contributed by atoms with Crippen molar-refractivity contribution in [2.45, 2.75) is 51.2 Å². The van der Waals surface area contributed by atoms with Crippen LogP contribution in [0.4, 0.5) is 5.69 Å². The van der Waals surface area contributed by atoms with E-state index in [0.29, 0.717) is 17.8 Å². The number of rotatable bonds is 2. The molecule has 4 heteroatoms. The Morgan fingerprint density at radius 1 is 1.25 bits per heavy atom. The smallest absolute Gasteiger partial charge is 0.140 e. The molecule has 0 spiro atoms. The molecule has 0 N–H and O–H groups in total. The molecule has 20 heavy (non-hydrogen) atoms. The van der Waals surface area contributed by atoms with E-state index in [9.17, 15) is 0 Å². The molecular weight excluding hydrogens is 248 g/mol. The minimum absolute atomic E-state index is 0.494. The number of pyridine rings is 1. The lowest BCUT2D eigenvalue weighted by Gasteiger charge is -2.32. The highest BCUT2D eigenvalue weighted by Gasteiger charge is 2.38. The van der Waals surface area contributed by atoms with Crippen LogP contribution in [0, 0.1) is 11.3 Å². The molecule has 4 nitrogen and oxygen atoms in total. The largest absolute Gasteiger partial charge is 0.369 e. The summed E-state index contributed by atoms with van der Waals surface area (Å²) < 4.78 is 0. The molecule has 0 aliphatic carbocycles. The van der Waals surface area contributed by atoms with Crippen molar-refractivity contribution in [3.05, 3.63) is 24.0 Å². The number of anilines is 1. The number of fused-ring (bicyclic) bond motifs is 2. The number of nitriles is 1. The van der Waals surface area contributed by atoms with Gasteiger partial charge in [-0.3, -0.25) is 4.90 Å². The van der Waals surface area contributed by atoms with E-state index < -0.39 is 0 Å². The Labute approximate surface area is 121 Å². The lowest BCUT2D eigenvalue weighted by atomic mass is 10.1. The van der Waals surface area contributed by atoms with E-state index in [1.54, 1.807) is 0 Å². The van der Waals surface area contributed by atoms with Gasteiger partial charge in [-0.25, -0.2) is 4.98 Å². The van der Waals surface area contributed by atoms with Gasteiger partial charge in [0.2, 0.25) is 0 Å². The number of aromatic nitrogens is 1. The third-order valence-electron chi connectivity index (χ3n) is 4.66. The van der Waals surface area contributed by atoms with Crippen LogP contribution in [-0.2, 0) is 0 Å². The number of nitrogens with zero attached hydrogens (tertiary/aromatic N) is 4. The summed E-state index contributed by atoms with van der Waals surface area (Å²) in [5, 5.41) is 8.83. The lowest BCUT2D eigenvalue weighted by Crippen LogP contribution is -2.43. The molecule has 2 aliphatic rings. The Bertz CT molecular complexity index is 502. The van der Waals surface area contributed by atoms with Crippen LogP contribution in [0.3, 0.4) is 0 Å². The van der Waals surface area contributed by atoms with Crippen LogP contribution in [0.15, 0.2) is 18.3 Å². The summed E-state index contributed by atoms with van der Waals surface area (Å²) in [6, 6.07) is 7.97. The Kier molecular flexibility index (Phi) is 3.62. The summed E-state index contributed by atoms with van der Waals surface area (Å²) in [4.78, 5) is 9.35. The molecule has 3 rings (SSSR count). The van der Waals surface area contributed by atoms with Crippen molar-refractivity contribution >= 4 is 5.69 Å². The first-order valence-electron chi connectivity index (χ1n) is 7.57. The van der Waals surface area contributed by atoms with E-state index in [0.717, 1.165) is 24.8 Å². The quantitative estimate of drug-likeness (QED) is 0.827. The van der Waals surface area contributed by atoms with Crippen LogP contribution in [0.2, 0.25) is 0 Å². The molecular formula is C16H22N4. The van der Waals surface area contributed by atoms with Crippen molar-refractivity contribution in [3.8, 4) is 6.07 Å².